The molecule has 4 nitrogen and oxygen atoms in total. The van der Waals surface area contributed by atoms with Crippen LogP contribution >= 0.6 is 24.0 Å². The Hall–Kier alpha value is -0.0400. The van der Waals surface area contributed by atoms with E-state index in [1.807, 2.05) is 0 Å². The van der Waals surface area contributed by atoms with E-state index in [1.54, 1.807) is 0 Å². The van der Waals surface area contributed by atoms with Crippen molar-refractivity contribution in [1.29, 1.82) is 0 Å². The molecule has 2 fully saturated rings. The van der Waals surface area contributed by atoms with Crippen LogP contribution in [0, 0.1) is 0 Å². The summed E-state index contributed by atoms with van der Waals surface area (Å²) in [5, 5.41) is 3.62. The van der Waals surface area contributed by atoms with Crippen molar-refractivity contribution in [2.24, 2.45) is 4.99 Å². The predicted molar refractivity (Wildman–Crippen MR) is 99.6 cm³/mol. The molecule has 1 aliphatic carbocycles. The second-order valence-corrected chi connectivity index (χ2v) is 6.99. The summed E-state index contributed by atoms with van der Waals surface area (Å²) < 4.78 is 6.09. The molecule has 0 radical (unpaired) electrons. The first-order valence-electron chi connectivity index (χ1n) is 8.21. The Bertz CT molecular complexity index is 329. The van der Waals surface area contributed by atoms with Crippen molar-refractivity contribution in [2.75, 3.05) is 19.6 Å². The molecule has 1 N–H and O–H groups in total. The van der Waals surface area contributed by atoms with Crippen LogP contribution in [0.4, 0.5) is 0 Å². The summed E-state index contributed by atoms with van der Waals surface area (Å²) in [5.74, 6) is 1.12. The van der Waals surface area contributed by atoms with Crippen LogP contribution in [0.15, 0.2) is 4.99 Å². The number of rotatable bonds is 3. The van der Waals surface area contributed by atoms with Gasteiger partial charge in [0.25, 0.3) is 0 Å². The van der Waals surface area contributed by atoms with Crippen molar-refractivity contribution in [3.63, 3.8) is 0 Å². The standard InChI is InChI=1S/C16H31N3O.HI/c1-5-17-15(18-13-7-6-8-13)19-11-9-14(10-12-19)20-16(2,3)4;/h13-14H,5-12H2,1-4H3,(H,17,18);1H. The second kappa shape index (κ2) is 8.56. The monoisotopic (exact) mass is 409 g/mol. The molecule has 0 aromatic rings. The van der Waals surface area contributed by atoms with Gasteiger partial charge < -0.3 is 15.0 Å². The van der Waals surface area contributed by atoms with Crippen LogP contribution in [0.2, 0.25) is 0 Å². The number of guanidine groups is 1. The van der Waals surface area contributed by atoms with E-state index in [-0.39, 0.29) is 29.6 Å². The number of hydrogen-bond acceptors (Lipinski definition) is 2. The van der Waals surface area contributed by atoms with Gasteiger partial charge in [-0.1, -0.05) is 0 Å². The normalized spacial score (nSPS) is 21.7. The average Bonchev–Trinajstić information content (AvgIpc) is 2.31. The molecule has 0 amide bonds. The molecule has 2 rings (SSSR count). The van der Waals surface area contributed by atoms with Crippen molar-refractivity contribution in [2.45, 2.75) is 77.5 Å². The van der Waals surface area contributed by atoms with Gasteiger partial charge >= 0.3 is 0 Å². The van der Waals surface area contributed by atoms with Gasteiger partial charge in [0, 0.05) is 25.7 Å². The van der Waals surface area contributed by atoms with Crippen LogP contribution in [-0.2, 0) is 4.74 Å². The van der Waals surface area contributed by atoms with Gasteiger partial charge in [0.2, 0.25) is 0 Å². The third-order valence-electron chi connectivity index (χ3n) is 4.01. The zero-order valence-corrected chi connectivity index (χ0v) is 16.4. The summed E-state index contributed by atoms with van der Waals surface area (Å²) in [5.41, 5.74) is -0.0304. The van der Waals surface area contributed by atoms with Gasteiger partial charge in [-0.3, -0.25) is 4.99 Å². The summed E-state index contributed by atoms with van der Waals surface area (Å²) >= 11 is 0. The summed E-state index contributed by atoms with van der Waals surface area (Å²) in [6.45, 7) is 11.5. The molecule has 5 heteroatoms. The topological polar surface area (TPSA) is 36.9 Å². The number of likely N-dealkylation sites (tertiary alicyclic amines) is 1. The maximum atomic E-state index is 6.09. The van der Waals surface area contributed by atoms with Gasteiger partial charge in [0.1, 0.15) is 0 Å². The van der Waals surface area contributed by atoms with Gasteiger partial charge in [-0.15, -0.1) is 24.0 Å². The first-order valence-corrected chi connectivity index (χ1v) is 8.21. The Morgan fingerprint density at radius 2 is 1.81 bits per heavy atom. The molecule has 0 unspecified atom stereocenters. The average molecular weight is 409 g/mol. The molecule has 1 heterocycles. The van der Waals surface area contributed by atoms with Crippen molar-refractivity contribution in [3.05, 3.63) is 0 Å². The Balaban J connectivity index is 0.00000220. The molecule has 2 aliphatic rings. The van der Waals surface area contributed by atoms with Crippen molar-refractivity contribution < 1.29 is 4.74 Å². The van der Waals surface area contributed by atoms with E-state index in [1.165, 1.54) is 19.3 Å². The van der Waals surface area contributed by atoms with Crippen molar-refractivity contribution in [3.8, 4) is 0 Å². The number of hydrogen-bond donors (Lipinski definition) is 1. The van der Waals surface area contributed by atoms with Crippen LogP contribution in [0.5, 0.6) is 0 Å². The number of piperidine rings is 1. The number of ether oxygens (including phenoxy) is 1. The lowest BCUT2D eigenvalue weighted by atomic mass is 9.93. The van der Waals surface area contributed by atoms with Crippen LogP contribution in [0.3, 0.4) is 0 Å². The second-order valence-electron chi connectivity index (χ2n) is 6.99. The highest BCUT2D eigenvalue weighted by molar-refractivity contribution is 14.0. The number of halogens is 1. The van der Waals surface area contributed by atoms with E-state index >= 15 is 0 Å². The molecule has 0 spiro atoms. The van der Waals surface area contributed by atoms with Crippen LogP contribution < -0.4 is 5.32 Å². The highest BCUT2D eigenvalue weighted by Crippen LogP contribution is 2.22. The van der Waals surface area contributed by atoms with E-state index in [4.69, 9.17) is 4.74 Å². The van der Waals surface area contributed by atoms with Gasteiger partial charge in [-0.05, 0) is 59.8 Å². The maximum absolute atomic E-state index is 6.09. The molecule has 21 heavy (non-hydrogen) atoms. The van der Waals surface area contributed by atoms with Gasteiger partial charge in [0.15, 0.2) is 5.96 Å². The lowest BCUT2D eigenvalue weighted by Gasteiger charge is -2.39. The Kier molecular flexibility index (Phi) is 7.74. The number of aliphatic imine (C=N–C) groups is 1. The Labute approximate surface area is 147 Å². The van der Waals surface area contributed by atoms with E-state index in [2.05, 4.69) is 42.9 Å². The number of nitrogens with one attached hydrogen (secondary N) is 1. The fraction of sp³-hybridized carbons (Fsp3) is 0.938. The fourth-order valence-electron chi connectivity index (χ4n) is 2.81. The zero-order valence-electron chi connectivity index (χ0n) is 14.0. The van der Waals surface area contributed by atoms with Gasteiger partial charge in [-0.2, -0.15) is 0 Å². The summed E-state index contributed by atoms with van der Waals surface area (Å²) in [6, 6.07) is 0.656. The molecule has 0 bridgehead atoms. The first-order chi connectivity index (χ1) is 9.48. The van der Waals surface area contributed by atoms with Gasteiger partial charge in [0.05, 0.1) is 11.7 Å². The molecular formula is C16H32IN3O. The minimum absolute atomic E-state index is 0. The number of nitrogens with zero attached hydrogens (tertiary/aromatic N) is 2. The van der Waals surface area contributed by atoms with Crippen molar-refractivity contribution >= 4 is 29.9 Å². The third kappa shape index (κ3) is 6.30. The van der Waals surface area contributed by atoms with E-state index in [0.717, 1.165) is 38.4 Å². The molecule has 0 aromatic carbocycles. The van der Waals surface area contributed by atoms with E-state index in [9.17, 15) is 0 Å². The maximum Gasteiger partial charge on any atom is 0.194 e. The van der Waals surface area contributed by atoms with Gasteiger partial charge in [-0.25, -0.2) is 0 Å². The van der Waals surface area contributed by atoms with Crippen molar-refractivity contribution in [1.82, 2.24) is 10.2 Å². The van der Waals surface area contributed by atoms with E-state index in [0.29, 0.717) is 12.1 Å². The fourth-order valence-corrected chi connectivity index (χ4v) is 2.81. The minimum Gasteiger partial charge on any atom is -0.372 e. The molecule has 0 atom stereocenters. The Morgan fingerprint density at radius 1 is 1.19 bits per heavy atom. The SMILES string of the molecule is CCN=C(NC1CCC1)N1CCC(OC(C)(C)C)CC1.I. The molecule has 1 saturated heterocycles. The third-order valence-corrected chi connectivity index (χ3v) is 4.01. The smallest absolute Gasteiger partial charge is 0.194 e. The van der Waals surface area contributed by atoms with Crippen LogP contribution in [-0.4, -0.2) is 48.2 Å². The predicted octanol–water partition coefficient (Wildman–Crippen LogP) is 3.40. The lowest BCUT2D eigenvalue weighted by molar-refractivity contribution is -0.0773. The Morgan fingerprint density at radius 3 is 2.24 bits per heavy atom. The summed E-state index contributed by atoms with van der Waals surface area (Å²) in [4.78, 5) is 7.07. The zero-order chi connectivity index (χ0) is 14.6. The molecular weight excluding hydrogens is 377 g/mol. The van der Waals surface area contributed by atoms with Crippen LogP contribution in [0.25, 0.3) is 0 Å². The highest BCUT2D eigenvalue weighted by Gasteiger charge is 2.27. The highest BCUT2D eigenvalue weighted by atomic mass is 127. The summed E-state index contributed by atoms with van der Waals surface area (Å²) in [7, 11) is 0. The minimum atomic E-state index is -0.0304. The lowest BCUT2D eigenvalue weighted by Crippen LogP contribution is -2.52. The molecule has 124 valence electrons. The molecule has 1 aliphatic heterocycles. The van der Waals surface area contributed by atoms with Crippen LogP contribution in [0.1, 0.15) is 59.8 Å². The summed E-state index contributed by atoms with van der Waals surface area (Å²) in [6.07, 6.45) is 6.56. The molecule has 0 aromatic heterocycles. The van der Waals surface area contributed by atoms with E-state index < -0.39 is 0 Å². The largest absolute Gasteiger partial charge is 0.372 e. The first kappa shape index (κ1) is 19.0. The molecule has 1 saturated carbocycles. The quantitative estimate of drug-likeness (QED) is 0.441.